The second-order valence-corrected chi connectivity index (χ2v) is 4.17. The van der Waals surface area contributed by atoms with Gasteiger partial charge in [-0.25, -0.2) is 19.9 Å². The summed E-state index contributed by atoms with van der Waals surface area (Å²) in [5.74, 6) is 0. The van der Waals surface area contributed by atoms with Crippen LogP contribution in [0.4, 0.5) is 0 Å². The van der Waals surface area contributed by atoms with Crippen LogP contribution in [0.25, 0.3) is 22.3 Å². The van der Waals surface area contributed by atoms with E-state index in [-0.39, 0.29) is 0 Å². The molecule has 0 radical (unpaired) electrons. The third kappa shape index (κ3) is 2.35. The van der Waals surface area contributed by atoms with Gasteiger partial charge in [0.05, 0.1) is 11.6 Å². The standard InChI is InChI=1S/C15H9N5/c16-4-11-1-12(14-5-17-9-18-6-14)3-13(2-11)15-7-19-10-20-8-15/h1-3,5-10H. The highest BCUT2D eigenvalue weighted by Gasteiger charge is 2.06. The van der Waals surface area contributed by atoms with E-state index in [0.717, 1.165) is 22.3 Å². The Hall–Kier alpha value is -3.13. The molecule has 0 unspecified atom stereocenters. The zero-order valence-corrected chi connectivity index (χ0v) is 10.4. The van der Waals surface area contributed by atoms with Gasteiger partial charge in [-0.3, -0.25) is 0 Å². The molecule has 0 N–H and O–H groups in total. The highest BCUT2D eigenvalue weighted by molar-refractivity contribution is 5.73. The summed E-state index contributed by atoms with van der Waals surface area (Å²) in [7, 11) is 0. The van der Waals surface area contributed by atoms with Crippen molar-refractivity contribution in [3.63, 3.8) is 0 Å². The molecular formula is C15H9N5. The second-order valence-electron chi connectivity index (χ2n) is 4.17. The molecule has 3 rings (SSSR count). The summed E-state index contributed by atoms with van der Waals surface area (Å²) in [5, 5.41) is 9.17. The van der Waals surface area contributed by atoms with Crippen LogP contribution in [0.1, 0.15) is 5.56 Å². The summed E-state index contributed by atoms with van der Waals surface area (Å²) in [4.78, 5) is 16.0. The molecule has 0 saturated heterocycles. The van der Waals surface area contributed by atoms with Crippen LogP contribution in [-0.4, -0.2) is 19.9 Å². The van der Waals surface area contributed by atoms with Crippen molar-refractivity contribution in [2.24, 2.45) is 0 Å². The van der Waals surface area contributed by atoms with Gasteiger partial charge in [0, 0.05) is 35.9 Å². The van der Waals surface area contributed by atoms with E-state index in [1.54, 1.807) is 24.8 Å². The van der Waals surface area contributed by atoms with E-state index >= 15 is 0 Å². The molecule has 94 valence electrons. The van der Waals surface area contributed by atoms with Crippen LogP contribution in [0.15, 0.2) is 55.6 Å². The minimum Gasteiger partial charge on any atom is -0.244 e. The Morgan fingerprint density at radius 1 is 0.650 bits per heavy atom. The summed E-state index contributed by atoms with van der Waals surface area (Å²) < 4.78 is 0. The predicted molar refractivity (Wildman–Crippen MR) is 73.2 cm³/mol. The van der Waals surface area contributed by atoms with Gasteiger partial charge in [0.25, 0.3) is 0 Å². The molecule has 0 atom stereocenters. The van der Waals surface area contributed by atoms with Gasteiger partial charge in [-0.15, -0.1) is 0 Å². The monoisotopic (exact) mass is 259 g/mol. The lowest BCUT2D eigenvalue weighted by Crippen LogP contribution is -1.88. The maximum absolute atomic E-state index is 9.17. The molecule has 0 aliphatic rings. The van der Waals surface area contributed by atoms with Crippen LogP contribution in [0.2, 0.25) is 0 Å². The number of hydrogen-bond acceptors (Lipinski definition) is 5. The fraction of sp³-hybridized carbons (Fsp3) is 0. The van der Waals surface area contributed by atoms with E-state index in [9.17, 15) is 0 Å². The zero-order chi connectivity index (χ0) is 13.8. The maximum atomic E-state index is 9.17. The first-order chi connectivity index (χ1) is 9.86. The van der Waals surface area contributed by atoms with Crippen molar-refractivity contribution in [3.8, 4) is 28.3 Å². The van der Waals surface area contributed by atoms with E-state index in [2.05, 4.69) is 26.0 Å². The van der Waals surface area contributed by atoms with Gasteiger partial charge in [0.15, 0.2) is 0 Å². The largest absolute Gasteiger partial charge is 0.244 e. The van der Waals surface area contributed by atoms with Crippen molar-refractivity contribution < 1.29 is 0 Å². The van der Waals surface area contributed by atoms with E-state index < -0.39 is 0 Å². The topological polar surface area (TPSA) is 75.3 Å². The molecule has 3 aromatic rings. The van der Waals surface area contributed by atoms with Crippen LogP contribution < -0.4 is 0 Å². The number of nitriles is 1. The molecule has 5 heteroatoms. The molecular weight excluding hydrogens is 250 g/mol. The molecule has 2 aromatic heterocycles. The molecule has 0 spiro atoms. The highest BCUT2D eigenvalue weighted by atomic mass is 14.8. The Bertz CT molecular complexity index is 706. The molecule has 2 heterocycles. The molecule has 5 nitrogen and oxygen atoms in total. The Balaban J connectivity index is 2.16. The Kier molecular flexibility index (Phi) is 3.13. The quantitative estimate of drug-likeness (QED) is 0.706. The van der Waals surface area contributed by atoms with Crippen molar-refractivity contribution in [1.29, 1.82) is 5.26 Å². The van der Waals surface area contributed by atoms with Gasteiger partial charge in [-0.05, 0) is 29.3 Å². The number of aromatic nitrogens is 4. The molecule has 0 bridgehead atoms. The SMILES string of the molecule is N#Cc1cc(-c2cncnc2)cc(-c2cncnc2)c1. The lowest BCUT2D eigenvalue weighted by Gasteiger charge is -2.06. The Morgan fingerprint density at radius 2 is 1.10 bits per heavy atom. The minimum atomic E-state index is 0.574. The average Bonchev–Trinajstić information content (AvgIpc) is 2.56. The van der Waals surface area contributed by atoms with Crippen molar-refractivity contribution >= 4 is 0 Å². The van der Waals surface area contributed by atoms with Gasteiger partial charge < -0.3 is 0 Å². The van der Waals surface area contributed by atoms with Gasteiger partial charge >= 0.3 is 0 Å². The van der Waals surface area contributed by atoms with E-state index in [0.29, 0.717) is 5.56 Å². The first-order valence-corrected chi connectivity index (χ1v) is 5.93. The van der Waals surface area contributed by atoms with Crippen LogP contribution >= 0.6 is 0 Å². The van der Waals surface area contributed by atoms with E-state index in [1.807, 2.05) is 18.2 Å². The average molecular weight is 259 g/mol. The number of benzene rings is 1. The lowest BCUT2D eigenvalue weighted by atomic mass is 9.99. The van der Waals surface area contributed by atoms with Crippen molar-refractivity contribution in [2.75, 3.05) is 0 Å². The van der Waals surface area contributed by atoms with Crippen LogP contribution in [-0.2, 0) is 0 Å². The number of rotatable bonds is 2. The molecule has 0 amide bonds. The minimum absolute atomic E-state index is 0.574. The third-order valence-electron chi connectivity index (χ3n) is 2.85. The van der Waals surface area contributed by atoms with Crippen LogP contribution in [0.5, 0.6) is 0 Å². The van der Waals surface area contributed by atoms with E-state index in [1.165, 1.54) is 12.7 Å². The molecule has 1 aromatic carbocycles. The summed E-state index contributed by atoms with van der Waals surface area (Å²) in [5.41, 5.74) is 4.09. The fourth-order valence-electron chi connectivity index (χ4n) is 1.92. The zero-order valence-electron chi connectivity index (χ0n) is 10.4. The molecule has 0 aliphatic carbocycles. The highest BCUT2D eigenvalue weighted by Crippen LogP contribution is 2.26. The van der Waals surface area contributed by atoms with Gasteiger partial charge in [-0.1, -0.05) is 0 Å². The fourth-order valence-corrected chi connectivity index (χ4v) is 1.92. The Labute approximate surface area is 115 Å². The molecule has 20 heavy (non-hydrogen) atoms. The van der Waals surface area contributed by atoms with Gasteiger partial charge in [0.1, 0.15) is 12.7 Å². The first kappa shape index (κ1) is 11.9. The van der Waals surface area contributed by atoms with Gasteiger partial charge in [-0.2, -0.15) is 5.26 Å². The van der Waals surface area contributed by atoms with Crippen LogP contribution in [0.3, 0.4) is 0 Å². The van der Waals surface area contributed by atoms with Crippen molar-refractivity contribution in [3.05, 3.63) is 61.2 Å². The second kappa shape index (κ2) is 5.24. The summed E-state index contributed by atoms with van der Waals surface area (Å²) >= 11 is 0. The maximum Gasteiger partial charge on any atom is 0.115 e. The first-order valence-electron chi connectivity index (χ1n) is 5.93. The number of hydrogen-bond donors (Lipinski definition) is 0. The summed E-state index contributed by atoms with van der Waals surface area (Å²) in [6.07, 6.45) is 9.82. The third-order valence-corrected chi connectivity index (χ3v) is 2.85. The lowest BCUT2D eigenvalue weighted by molar-refractivity contribution is 1.17. The van der Waals surface area contributed by atoms with Crippen molar-refractivity contribution in [2.45, 2.75) is 0 Å². The molecule has 0 aliphatic heterocycles. The van der Waals surface area contributed by atoms with Crippen molar-refractivity contribution in [1.82, 2.24) is 19.9 Å². The summed E-state index contributed by atoms with van der Waals surface area (Å²) in [6, 6.07) is 7.76. The number of nitrogens with zero attached hydrogens (tertiary/aromatic N) is 5. The predicted octanol–water partition coefficient (Wildman–Crippen LogP) is 2.47. The van der Waals surface area contributed by atoms with Gasteiger partial charge in [0.2, 0.25) is 0 Å². The Morgan fingerprint density at radius 3 is 1.50 bits per heavy atom. The molecule has 0 fully saturated rings. The van der Waals surface area contributed by atoms with Crippen LogP contribution in [0, 0.1) is 11.3 Å². The molecule has 0 saturated carbocycles. The smallest absolute Gasteiger partial charge is 0.115 e. The summed E-state index contributed by atoms with van der Waals surface area (Å²) in [6.45, 7) is 0. The van der Waals surface area contributed by atoms with E-state index in [4.69, 9.17) is 5.26 Å². The normalized spacial score (nSPS) is 9.95.